The highest BCUT2D eigenvalue weighted by molar-refractivity contribution is 7.07. The van der Waals surface area contributed by atoms with Crippen molar-refractivity contribution in [3.8, 4) is 0 Å². The van der Waals surface area contributed by atoms with Crippen LogP contribution in [0, 0.1) is 5.92 Å². The zero-order valence-corrected chi connectivity index (χ0v) is 16.2. The SMILES string of the molecule is O=C(C1CCCCCC1)N1CCC[C@H](c2nccn2Cc2cscn2)C1. The van der Waals surface area contributed by atoms with Crippen molar-refractivity contribution in [1.82, 2.24) is 19.4 Å². The quantitative estimate of drug-likeness (QED) is 0.761. The fourth-order valence-electron chi connectivity index (χ4n) is 4.48. The lowest BCUT2D eigenvalue weighted by atomic mass is 9.93. The molecule has 2 aliphatic rings. The predicted octanol–water partition coefficient (Wildman–Crippen LogP) is 4.06. The van der Waals surface area contributed by atoms with Crippen molar-refractivity contribution < 1.29 is 4.79 Å². The van der Waals surface area contributed by atoms with Gasteiger partial charge in [-0.3, -0.25) is 4.79 Å². The number of imidazole rings is 1. The Bertz CT molecular complexity index is 703. The monoisotopic (exact) mass is 372 g/mol. The van der Waals surface area contributed by atoms with Crippen molar-refractivity contribution in [3.05, 3.63) is 34.8 Å². The van der Waals surface area contributed by atoms with E-state index in [2.05, 4.69) is 24.8 Å². The molecule has 2 aromatic heterocycles. The van der Waals surface area contributed by atoms with Gasteiger partial charge in [0.1, 0.15) is 5.82 Å². The first-order valence-corrected chi connectivity index (χ1v) is 10.9. The van der Waals surface area contributed by atoms with E-state index in [9.17, 15) is 4.79 Å². The van der Waals surface area contributed by atoms with E-state index in [0.29, 0.717) is 11.8 Å². The third-order valence-corrected chi connectivity index (χ3v) is 6.50. The minimum atomic E-state index is 0.256. The van der Waals surface area contributed by atoms with E-state index in [1.54, 1.807) is 11.3 Å². The molecule has 0 aromatic carbocycles. The number of nitrogens with zero attached hydrogens (tertiary/aromatic N) is 4. The second-order valence-corrected chi connectivity index (χ2v) is 8.42. The number of rotatable bonds is 4. The molecule has 1 saturated carbocycles. The van der Waals surface area contributed by atoms with Crippen LogP contribution in [0.15, 0.2) is 23.3 Å². The summed E-state index contributed by atoms with van der Waals surface area (Å²) in [5, 5.41) is 2.09. The Balaban J connectivity index is 1.44. The molecule has 3 heterocycles. The van der Waals surface area contributed by atoms with Crippen LogP contribution >= 0.6 is 11.3 Å². The molecule has 1 amide bonds. The number of piperidine rings is 1. The van der Waals surface area contributed by atoms with Crippen molar-refractivity contribution in [1.29, 1.82) is 0 Å². The first kappa shape index (κ1) is 17.7. The van der Waals surface area contributed by atoms with Crippen molar-refractivity contribution in [2.45, 2.75) is 63.8 Å². The number of thiazole rings is 1. The molecule has 6 heteroatoms. The molecule has 5 nitrogen and oxygen atoms in total. The van der Waals surface area contributed by atoms with Crippen molar-refractivity contribution in [3.63, 3.8) is 0 Å². The van der Waals surface area contributed by atoms with Crippen LogP contribution in [0.5, 0.6) is 0 Å². The van der Waals surface area contributed by atoms with E-state index in [-0.39, 0.29) is 5.92 Å². The zero-order valence-electron chi connectivity index (χ0n) is 15.3. The molecule has 0 radical (unpaired) electrons. The maximum Gasteiger partial charge on any atom is 0.225 e. The van der Waals surface area contributed by atoms with Crippen LogP contribution < -0.4 is 0 Å². The zero-order chi connectivity index (χ0) is 17.8. The third kappa shape index (κ3) is 4.00. The van der Waals surface area contributed by atoms with E-state index in [0.717, 1.165) is 56.8 Å². The molecule has 1 aliphatic carbocycles. The molecule has 0 N–H and O–H groups in total. The summed E-state index contributed by atoms with van der Waals surface area (Å²) in [6.07, 6.45) is 13.3. The van der Waals surface area contributed by atoms with Gasteiger partial charge in [-0.15, -0.1) is 11.3 Å². The molecule has 26 heavy (non-hydrogen) atoms. The highest BCUT2D eigenvalue weighted by Gasteiger charge is 2.31. The van der Waals surface area contributed by atoms with Gasteiger partial charge in [0.25, 0.3) is 0 Å². The highest BCUT2D eigenvalue weighted by atomic mass is 32.1. The van der Waals surface area contributed by atoms with Gasteiger partial charge >= 0.3 is 0 Å². The molecular weight excluding hydrogens is 344 g/mol. The maximum atomic E-state index is 13.1. The van der Waals surface area contributed by atoms with Gasteiger partial charge in [-0.2, -0.15) is 0 Å². The predicted molar refractivity (Wildman–Crippen MR) is 103 cm³/mol. The number of aromatic nitrogens is 3. The summed E-state index contributed by atoms with van der Waals surface area (Å²) in [5.74, 6) is 2.10. The summed E-state index contributed by atoms with van der Waals surface area (Å²) in [7, 11) is 0. The Morgan fingerprint density at radius 1 is 1.12 bits per heavy atom. The molecule has 140 valence electrons. The van der Waals surface area contributed by atoms with Crippen molar-refractivity contribution in [2.75, 3.05) is 13.1 Å². The van der Waals surface area contributed by atoms with Crippen LogP contribution in [0.4, 0.5) is 0 Å². The van der Waals surface area contributed by atoms with E-state index >= 15 is 0 Å². The summed E-state index contributed by atoms with van der Waals surface area (Å²) >= 11 is 1.63. The Morgan fingerprint density at radius 2 is 1.96 bits per heavy atom. The summed E-state index contributed by atoms with van der Waals surface area (Å²) < 4.78 is 2.21. The molecule has 0 spiro atoms. The molecule has 1 atom stereocenters. The lowest BCUT2D eigenvalue weighted by molar-refractivity contribution is -0.137. The molecule has 4 rings (SSSR count). The Labute approximate surface area is 159 Å². The van der Waals surface area contributed by atoms with Gasteiger partial charge in [-0.25, -0.2) is 9.97 Å². The second-order valence-electron chi connectivity index (χ2n) is 7.71. The van der Waals surface area contributed by atoms with Gasteiger partial charge in [0, 0.05) is 42.7 Å². The Kier molecular flexibility index (Phi) is 5.68. The fraction of sp³-hybridized carbons (Fsp3) is 0.650. The minimum Gasteiger partial charge on any atom is -0.342 e. The van der Waals surface area contributed by atoms with Gasteiger partial charge in [0.05, 0.1) is 17.7 Å². The largest absolute Gasteiger partial charge is 0.342 e. The Morgan fingerprint density at radius 3 is 2.73 bits per heavy atom. The van der Waals surface area contributed by atoms with Crippen LogP contribution in [0.3, 0.4) is 0 Å². The highest BCUT2D eigenvalue weighted by Crippen LogP contribution is 2.30. The number of hydrogen-bond donors (Lipinski definition) is 0. The molecule has 0 unspecified atom stereocenters. The average molecular weight is 373 g/mol. The normalized spacial score (nSPS) is 22.3. The van der Waals surface area contributed by atoms with Gasteiger partial charge in [-0.1, -0.05) is 25.7 Å². The first-order valence-electron chi connectivity index (χ1n) is 9.98. The fourth-order valence-corrected chi connectivity index (χ4v) is 5.03. The number of hydrogen-bond acceptors (Lipinski definition) is 4. The van der Waals surface area contributed by atoms with Crippen LogP contribution in [0.25, 0.3) is 0 Å². The van der Waals surface area contributed by atoms with Crippen LogP contribution in [0.2, 0.25) is 0 Å². The molecule has 1 saturated heterocycles. The lowest BCUT2D eigenvalue weighted by Gasteiger charge is -2.34. The van der Waals surface area contributed by atoms with E-state index in [1.807, 2.05) is 17.9 Å². The van der Waals surface area contributed by atoms with E-state index in [4.69, 9.17) is 0 Å². The lowest BCUT2D eigenvalue weighted by Crippen LogP contribution is -2.42. The van der Waals surface area contributed by atoms with Gasteiger partial charge in [0.15, 0.2) is 0 Å². The summed E-state index contributed by atoms with van der Waals surface area (Å²) in [6, 6.07) is 0. The standard InChI is InChI=1S/C20H28N4OS/c25-20(16-6-3-1-2-4-7-16)24-10-5-8-17(12-24)19-21-9-11-23(19)13-18-14-26-15-22-18/h9,11,14-17H,1-8,10,12-13H2/t17-/m0/s1. The van der Waals surface area contributed by atoms with Crippen LogP contribution in [-0.4, -0.2) is 38.4 Å². The topological polar surface area (TPSA) is 51.0 Å². The van der Waals surface area contributed by atoms with Crippen LogP contribution in [-0.2, 0) is 11.3 Å². The van der Waals surface area contributed by atoms with Gasteiger partial charge in [-0.05, 0) is 25.7 Å². The number of carbonyl (C=O) groups excluding carboxylic acids is 1. The number of carbonyl (C=O) groups is 1. The number of likely N-dealkylation sites (tertiary alicyclic amines) is 1. The summed E-state index contributed by atoms with van der Waals surface area (Å²) in [4.78, 5) is 24.2. The second kappa shape index (κ2) is 8.33. The molecular formula is C20H28N4OS. The smallest absolute Gasteiger partial charge is 0.225 e. The third-order valence-electron chi connectivity index (χ3n) is 5.87. The molecule has 2 aromatic rings. The molecule has 1 aliphatic heterocycles. The van der Waals surface area contributed by atoms with Crippen molar-refractivity contribution in [2.24, 2.45) is 5.92 Å². The van der Waals surface area contributed by atoms with Gasteiger partial charge in [0.2, 0.25) is 5.91 Å². The maximum absolute atomic E-state index is 13.1. The summed E-state index contributed by atoms with van der Waals surface area (Å²) in [5.41, 5.74) is 2.95. The van der Waals surface area contributed by atoms with E-state index in [1.165, 1.54) is 25.7 Å². The Hall–Kier alpha value is -1.69. The van der Waals surface area contributed by atoms with Gasteiger partial charge < -0.3 is 9.47 Å². The first-order chi connectivity index (χ1) is 12.8. The average Bonchev–Trinajstić information content (AvgIpc) is 3.28. The van der Waals surface area contributed by atoms with Crippen LogP contribution in [0.1, 0.15) is 68.8 Å². The minimum absolute atomic E-state index is 0.256. The van der Waals surface area contributed by atoms with E-state index < -0.39 is 0 Å². The molecule has 2 fully saturated rings. The molecule has 0 bridgehead atoms. The summed E-state index contributed by atoms with van der Waals surface area (Å²) in [6.45, 7) is 2.51. The number of amides is 1. The van der Waals surface area contributed by atoms with Crippen molar-refractivity contribution >= 4 is 17.2 Å².